The molecule has 0 fully saturated rings. The SMILES string of the molecule is OC(Cc1cccnc1)c1ccc(F)cn1. The summed E-state index contributed by atoms with van der Waals surface area (Å²) >= 11 is 0. The number of hydrogen-bond donors (Lipinski definition) is 1. The van der Waals surface area contributed by atoms with Crippen LogP contribution in [-0.2, 0) is 6.42 Å². The molecule has 0 aliphatic carbocycles. The highest BCUT2D eigenvalue weighted by Gasteiger charge is 2.09. The maximum absolute atomic E-state index is 12.6. The fourth-order valence-electron chi connectivity index (χ4n) is 1.43. The highest BCUT2D eigenvalue weighted by Crippen LogP contribution is 2.15. The van der Waals surface area contributed by atoms with Crippen molar-refractivity contribution >= 4 is 0 Å². The van der Waals surface area contributed by atoms with E-state index in [0.717, 1.165) is 11.8 Å². The zero-order valence-corrected chi connectivity index (χ0v) is 8.55. The van der Waals surface area contributed by atoms with E-state index in [0.29, 0.717) is 12.1 Å². The third-order valence-corrected chi connectivity index (χ3v) is 2.24. The fraction of sp³-hybridized carbons (Fsp3) is 0.167. The molecule has 0 aliphatic heterocycles. The summed E-state index contributed by atoms with van der Waals surface area (Å²) in [5, 5.41) is 9.85. The van der Waals surface area contributed by atoms with E-state index in [1.807, 2.05) is 6.07 Å². The molecule has 0 aliphatic rings. The monoisotopic (exact) mass is 218 g/mol. The lowest BCUT2D eigenvalue weighted by atomic mass is 10.1. The molecule has 4 heteroatoms. The van der Waals surface area contributed by atoms with Crippen LogP contribution in [0.2, 0.25) is 0 Å². The van der Waals surface area contributed by atoms with Gasteiger partial charge >= 0.3 is 0 Å². The third-order valence-electron chi connectivity index (χ3n) is 2.24. The largest absolute Gasteiger partial charge is 0.386 e. The van der Waals surface area contributed by atoms with Gasteiger partial charge in [0, 0.05) is 18.8 Å². The second-order valence-electron chi connectivity index (χ2n) is 3.48. The number of rotatable bonds is 3. The summed E-state index contributed by atoms with van der Waals surface area (Å²) in [7, 11) is 0. The summed E-state index contributed by atoms with van der Waals surface area (Å²) < 4.78 is 12.6. The first-order valence-electron chi connectivity index (χ1n) is 4.94. The zero-order valence-electron chi connectivity index (χ0n) is 8.55. The van der Waals surface area contributed by atoms with Crippen molar-refractivity contribution in [2.24, 2.45) is 0 Å². The minimum atomic E-state index is -0.732. The van der Waals surface area contributed by atoms with Gasteiger partial charge in [-0.1, -0.05) is 6.07 Å². The third kappa shape index (κ3) is 2.61. The average molecular weight is 218 g/mol. The Morgan fingerprint density at radius 2 is 2.12 bits per heavy atom. The Morgan fingerprint density at radius 1 is 1.25 bits per heavy atom. The quantitative estimate of drug-likeness (QED) is 0.855. The molecule has 0 saturated carbocycles. The molecular formula is C12H11FN2O. The Bertz CT molecular complexity index is 444. The van der Waals surface area contributed by atoms with Crippen LogP contribution >= 0.6 is 0 Å². The van der Waals surface area contributed by atoms with Gasteiger partial charge in [-0.25, -0.2) is 4.39 Å². The van der Waals surface area contributed by atoms with Crippen LogP contribution in [0, 0.1) is 5.82 Å². The van der Waals surface area contributed by atoms with Crippen LogP contribution < -0.4 is 0 Å². The highest BCUT2D eigenvalue weighted by atomic mass is 19.1. The Kier molecular flexibility index (Phi) is 3.22. The van der Waals surface area contributed by atoms with Gasteiger partial charge < -0.3 is 5.11 Å². The van der Waals surface area contributed by atoms with Crippen LogP contribution in [0.4, 0.5) is 4.39 Å². The maximum Gasteiger partial charge on any atom is 0.141 e. The number of hydrogen-bond acceptors (Lipinski definition) is 3. The summed E-state index contributed by atoms with van der Waals surface area (Å²) in [5.74, 6) is -0.405. The van der Waals surface area contributed by atoms with Crippen LogP contribution in [0.5, 0.6) is 0 Å². The molecule has 0 amide bonds. The first kappa shape index (κ1) is 10.7. The molecule has 82 valence electrons. The zero-order chi connectivity index (χ0) is 11.4. The summed E-state index contributed by atoms with van der Waals surface area (Å²) in [6.45, 7) is 0. The number of aliphatic hydroxyl groups excluding tert-OH is 1. The van der Waals surface area contributed by atoms with Crippen LogP contribution in [0.1, 0.15) is 17.4 Å². The van der Waals surface area contributed by atoms with Crippen LogP contribution in [0.3, 0.4) is 0 Å². The number of pyridine rings is 2. The highest BCUT2D eigenvalue weighted by molar-refractivity contribution is 5.14. The van der Waals surface area contributed by atoms with Gasteiger partial charge in [-0.3, -0.25) is 9.97 Å². The van der Waals surface area contributed by atoms with E-state index >= 15 is 0 Å². The molecule has 16 heavy (non-hydrogen) atoms. The van der Waals surface area contributed by atoms with Gasteiger partial charge in [-0.15, -0.1) is 0 Å². The van der Waals surface area contributed by atoms with E-state index in [1.54, 1.807) is 18.5 Å². The second kappa shape index (κ2) is 4.81. The molecule has 1 N–H and O–H groups in total. The van der Waals surface area contributed by atoms with Crippen LogP contribution in [0.15, 0.2) is 42.9 Å². The van der Waals surface area contributed by atoms with Gasteiger partial charge in [0.15, 0.2) is 0 Å². The smallest absolute Gasteiger partial charge is 0.141 e. The van der Waals surface area contributed by atoms with E-state index < -0.39 is 11.9 Å². The standard InChI is InChI=1S/C12H11FN2O/c13-10-3-4-11(15-8-10)12(16)6-9-2-1-5-14-7-9/h1-5,7-8,12,16H,6H2. The Labute approximate surface area is 92.6 Å². The molecule has 0 bridgehead atoms. The number of halogens is 1. The van der Waals surface area contributed by atoms with Gasteiger partial charge in [0.2, 0.25) is 0 Å². The first-order chi connectivity index (χ1) is 7.75. The topological polar surface area (TPSA) is 46.0 Å². The molecular weight excluding hydrogens is 207 g/mol. The van der Waals surface area contributed by atoms with E-state index in [9.17, 15) is 9.50 Å². The van der Waals surface area contributed by atoms with Gasteiger partial charge in [-0.2, -0.15) is 0 Å². The Morgan fingerprint density at radius 3 is 2.75 bits per heavy atom. The maximum atomic E-state index is 12.6. The van der Waals surface area contributed by atoms with Crippen molar-refractivity contribution in [3.05, 3.63) is 59.9 Å². The lowest BCUT2D eigenvalue weighted by Crippen LogP contribution is -2.04. The minimum Gasteiger partial charge on any atom is -0.386 e. The van der Waals surface area contributed by atoms with Gasteiger partial charge in [-0.05, 0) is 23.8 Å². The van der Waals surface area contributed by atoms with Crippen molar-refractivity contribution in [1.82, 2.24) is 9.97 Å². The van der Waals surface area contributed by atoms with Crippen molar-refractivity contribution < 1.29 is 9.50 Å². The van der Waals surface area contributed by atoms with E-state index in [1.165, 1.54) is 12.1 Å². The molecule has 2 rings (SSSR count). The van der Waals surface area contributed by atoms with Gasteiger partial charge in [0.1, 0.15) is 11.9 Å². The lowest BCUT2D eigenvalue weighted by molar-refractivity contribution is 0.173. The lowest BCUT2D eigenvalue weighted by Gasteiger charge is -2.09. The van der Waals surface area contributed by atoms with Crippen molar-refractivity contribution in [3.63, 3.8) is 0 Å². The Hall–Kier alpha value is -1.81. The summed E-state index contributed by atoms with van der Waals surface area (Å²) in [6, 6.07) is 6.45. The van der Waals surface area contributed by atoms with Crippen molar-refractivity contribution in [2.75, 3.05) is 0 Å². The Balaban J connectivity index is 2.09. The van der Waals surface area contributed by atoms with Crippen LogP contribution in [-0.4, -0.2) is 15.1 Å². The molecule has 0 radical (unpaired) electrons. The van der Waals surface area contributed by atoms with E-state index in [-0.39, 0.29) is 0 Å². The van der Waals surface area contributed by atoms with Crippen molar-refractivity contribution in [2.45, 2.75) is 12.5 Å². The fourth-order valence-corrected chi connectivity index (χ4v) is 1.43. The predicted octanol–water partition coefficient (Wildman–Crippen LogP) is 1.89. The molecule has 0 spiro atoms. The first-order valence-corrected chi connectivity index (χ1v) is 4.94. The number of aromatic nitrogens is 2. The average Bonchev–Trinajstić information content (AvgIpc) is 2.31. The molecule has 1 unspecified atom stereocenters. The summed E-state index contributed by atoms with van der Waals surface area (Å²) in [5.41, 5.74) is 1.38. The molecule has 2 aromatic rings. The molecule has 2 aromatic heterocycles. The van der Waals surface area contributed by atoms with Crippen LogP contribution in [0.25, 0.3) is 0 Å². The van der Waals surface area contributed by atoms with E-state index in [4.69, 9.17) is 0 Å². The predicted molar refractivity (Wildman–Crippen MR) is 57.1 cm³/mol. The molecule has 3 nitrogen and oxygen atoms in total. The molecule has 1 atom stereocenters. The van der Waals surface area contributed by atoms with Gasteiger partial charge in [0.25, 0.3) is 0 Å². The minimum absolute atomic E-state index is 0.405. The summed E-state index contributed by atoms with van der Waals surface area (Å²) in [4.78, 5) is 7.78. The second-order valence-corrected chi connectivity index (χ2v) is 3.48. The van der Waals surface area contributed by atoms with Gasteiger partial charge in [0.05, 0.1) is 11.9 Å². The van der Waals surface area contributed by atoms with Crippen molar-refractivity contribution in [1.29, 1.82) is 0 Å². The molecule has 0 saturated heterocycles. The van der Waals surface area contributed by atoms with Crippen molar-refractivity contribution in [3.8, 4) is 0 Å². The molecule has 2 heterocycles. The summed E-state index contributed by atoms with van der Waals surface area (Å²) in [6.07, 6.45) is 4.15. The molecule has 0 aromatic carbocycles. The van der Waals surface area contributed by atoms with E-state index in [2.05, 4.69) is 9.97 Å². The number of nitrogens with zero attached hydrogens (tertiary/aromatic N) is 2. The normalized spacial score (nSPS) is 12.4. The number of aliphatic hydroxyl groups is 1.